The van der Waals surface area contributed by atoms with Crippen molar-refractivity contribution in [1.29, 1.82) is 0 Å². The summed E-state index contributed by atoms with van der Waals surface area (Å²) in [7, 11) is 1.50. The highest BCUT2D eigenvalue weighted by Crippen LogP contribution is 2.65. The van der Waals surface area contributed by atoms with Crippen molar-refractivity contribution in [3.05, 3.63) is 106 Å². The molecular weight excluding hydrogens is 575 g/mol. The predicted molar refractivity (Wildman–Crippen MR) is 157 cm³/mol. The second-order valence-electron chi connectivity index (χ2n) is 11.5. The van der Waals surface area contributed by atoms with Crippen LogP contribution in [-0.4, -0.2) is 40.7 Å². The number of rotatable bonds is 3. The van der Waals surface area contributed by atoms with E-state index in [2.05, 4.69) is 0 Å². The molecule has 4 aliphatic rings. The number of benzene rings is 3. The van der Waals surface area contributed by atoms with Crippen molar-refractivity contribution in [2.45, 2.75) is 24.2 Å². The minimum atomic E-state index is -1.41. The molecule has 4 amide bonds. The first-order chi connectivity index (χ1) is 20.2. The molecule has 0 radical (unpaired) electrons. The number of aromatic hydroxyl groups is 1. The lowest BCUT2D eigenvalue weighted by Gasteiger charge is -2.51. The number of hydrogen-bond acceptors (Lipinski definition) is 5. The molecule has 2 aliphatic carbocycles. The zero-order valence-corrected chi connectivity index (χ0v) is 24.0. The van der Waals surface area contributed by atoms with Crippen LogP contribution in [0.15, 0.2) is 84.4 Å². The number of hydrogen-bond donors (Lipinski definition) is 1. The Labute approximate surface area is 252 Å². The van der Waals surface area contributed by atoms with Gasteiger partial charge in [-0.3, -0.25) is 24.1 Å². The number of amides is 4. The molecule has 3 fully saturated rings. The van der Waals surface area contributed by atoms with Crippen molar-refractivity contribution in [2.75, 3.05) is 11.9 Å². The average Bonchev–Trinajstić information content (AvgIpc) is 3.34. The standard InChI is InChI=1S/C33H26Cl2N2O5/c1-36-29(39)23-13-12-21-24(27(23)31(36)41)16-25-30(40)37(19-9-5-8-18(34)14-19)32(42)33(25,17-6-3-2-4-7-17)28(21)22-11-10-20(38)15-26(22)35/h2-12,14-15,23-25,27-28,38H,13,16H2,1H3. The predicted octanol–water partition coefficient (Wildman–Crippen LogP) is 5.49. The number of phenols is 1. The van der Waals surface area contributed by atoms with E-state index in [1.807, 2.05) is 36.4 Å². The topological polar surface area (TPSA) is 95.0 Å². The molecule has 3 aromatic carbocycles. The molecule has 212 valence electrons. The van der Waals surface area contributed by atoms with Crippen LogP contribution >= 0.6 is 23.2 Å². The van der Waals surface area contributed by atoms with E-state index in [0.717, 1.165) is 5.57 Å². The van der Waals surface area contributed by atoms with E-state index in [0.29, 0.717) is 28.3 Å². The van der Waals surface area contributed by atoms with Crippen LogP contribution in [0.2, 0.25) is 10.0 Å². The summed E-state index contributed by atoms with van der Waals surface area (Å²) in [6.45, 7) is 0. The molecule has 6 atom stereocenters. The van der Waals surface area contributed by atoms with E-state index in [1.165, 1.54) is 29.0 Å². The van der Waals surface area contributed by atoms with Gasteiger partial charge in [-0.25, -0.2) is 4.90 Å². The molecule has 9 heteroatoms. The molecule has 1 N–H and O–H groups in total. The molecule has 1 saturated carbocycles. The Morgan fingerprint density at radius 3 is 2.33 bits per heavy atom. The third kappa shape index (κ3) is 3.53. The van der Waals surface area contributed by atoms with E-state index in [1.54, 1.807) is 30.3 Å². The number of carbonyl (C=O) groups is 4. The largest absolute Gasteiger partial charge is 0.508 e. The van der Waals surface area contributed by atoms with Crippen molar-refractivity contribution >= 4 is 52.5 Å². The Bertz CT molecular complexity index is 1720. The molecule has 3 aromatic rings. The highest BCUT2D eigenvalue weighted by atomic mass is 35.5. The minimum Gasteiger partial charge on any atom is -0.508 e. The first-order valence-corrected chi connectivity index (χ1v) is 14.6. The molecule has 0 bridgehead atoms. The van der Waals surface area contributed by atoms with Crippen LogP contribution in [0.5, 0.6) is 5.75 Å². The van der Waals surface area contributed by atoms with Crippen LogP contribution in [-0.2, 0) is 24.6 Å². The fourth-order valence-corrected chi connectivity index (χ4v) is 8.46. The number of halogens is 2. The number of carbonyl (C=O) groups excluding carboxylic acids is 4. The molecule has 6 unspecified atom stereocenters. The zero-order valence-electron chi connectivity index (χ0n) is 22.5. The van der Waals surface area contributed by atoms with Gasteiger partial charge >= 0.3 is 0 Å². The van der Waals surface area contributed by atoms with Crippen LogP contribution in [0.3, 0.4) is 0 Å². The summed E-state index contributed by atoms with van der Waals surface area (Å²) in [6.07, 6.45) is 2.53. The molecule has 2 heterocycles. The second kappa shape index (κ2) is 9.54. The van der Waals surface area contributed by atoms with Crippen LogP contribution in [0.25, 0.3) is 0 Å². The number of anilines is 1. The van der Waals surface area contributed by atoms with Crippen LogP contribution < -0.4 is 4.90 Å². The van der Waals surface area contributed by atoms with Crippen molar-refractivity contribution in [2.24, 2.45) is 23.7 Å². The zero-order chi connectivity index (χ0) is 29.5. The van der Waals surface area contributed by atoms with Crippen molar-refractivity contribution < 1.29 is 24.3 Å². The highest BCUT2D eigenvalue weighted by molar-refractivity contribution is 6.33. The lowest BCUT2D eigenvalue weighted by atomic mass is 9.49. The molecule has 2 saturated heterocycles. The Balaban J connectivity index is 1.53. The molecule has 2 aliphatic heterocycles. The highest BCUT2D eigenvalue weighted by Gasteiger charge is 2.70. The molecule has 7 nitrogen and oxygen atoms in total. The summed E-state index contributed by atoms with van der Waals surface area (Å²) in [5, 5.41) is 10.9. The molecule has 0 aromatic heterocycles. The maximum atomic E-state index is 15.0. The van der Waals surface area contributed by atoms with Gasteiger partial charge in [0.25, 0.3) is 0 Å². The Morgan fingerprint density at radius 1 is 0.857 bits per heavy atom. The van der Waals surface area contributed by atoms with Gasteiger partial charge in [-0.05, 0) is 60.2 Å². The van der Waals surface area contributed by atoms with E-state index in [4.69, 9.17) is 23.2 Å². The van der Waals surface area contributed by atoms with Crippen molar-refractivity contribution in [3.8, 4) is 5.75 Å². The van der Waals surface area contributed by atoms with Crippen LogP contribution in [0.1, 0.15) is 29.9 Å². The van der Waals surface area contributed by atoms with Gasteiger partial charge in [-0.2, -0.15) is 0 Å². The molecule has 42 heavy (non-hydrogen) atoms. The van der Waals surface area contributed by atoms with Crippen LogP contribution in [0.4, 0.5) is 5.69 Å². The summed E-state index contributed by atoms with van der Waals surface area (Å²) >= 11 is 13.1. The number of allylic oxidation sites excluding steroid dienone is 2. The van der Waals surface area contributed by atoms with Crippen molar-refractivity contribution in [1.82, 2.24) is 4.90 Å². The maximum Gasteiger partial charge on any atom is 0.246 e. The Kier molecular flexibility index (Phi) is 6.12. The number of phenolic OH excluding ortho intramolecular Hbond substituents is 1. The summed E-state index contributed by atoms with van der Waals surface area (Å²) in [5.74, 6) is -4.57. The van der Waals surface area contributed by atoms with E-state index in [9.17, 15) is 19.5 Å². The molecular formula is C33H26Cl2N2O5. The smallest absolute Gasteiger partial charge is 0.246 e. The first kappa shape index (κ1) is 26.9. The summed E-state index contributed by atoms with van der Waals surface area (Å²) < 4.78 is 0. The summed E-state index contributed by atoms with van der Waals surface area (Å²) in [4.78, 5) is 58.5. The van der Waals surface area contributed by atoms with E-state index in [-0.39, 0.29) is 29.0 Å². The SMILES string of the molecule is CN1C(=O)C2CC=C3C(CC4C(=O)N(c5cccc(Cl)c5)C(=O)C4(c4ccccc4)C3c3ccc(O)cc3Cl)C2C1=O. The third-order valence-electron chi connectivity index (χ3n) is 9.68. The monoisotopic (exact) mass is 600 g/mol. The average molecular weight is 601 g/mol. The Hall–Kier alpha value is -3.94. The van der Waals surface area contributed by atoms with Gasteiger partial charge in [0.05, 0.1) is 28.9 Å². The van der Waals surface area contributed by atoms with E-state index < -0.39 is 46.8 Å². The van der Waals surface area contributed by atoms with Gasteiger partial charge in [-0.1, -0.05) is 77.3 Å². The van der Waals surface area contributed by atoms with Gasteiger partial charge in [0.15, 0.2) is 0 Å². The number of likely N-dealkylation sites (tertiary alicyclic amines) is 1. The number of imide groups is 2. The van der Waals surface area contributed by atoms with Gasteiger partial charge in [0.1, 0.15) is 5.75 Å². The van der Waals surface area contributed by atoms with Crippen LogP contribution in [0, 0.1) is 23.7 Å². The fourth-order valence-electron chi connectivity index (χ4n) is 8.00. The second-order valence-corrected chi connectivity index (χ2v) is 12.4. The fraction of sp³-hybridized carbons (Fsp3) is 0.273. The van der Waals surface area contributed by atoms with Crippen molar-refractivity contribution in [3.63, 3.8) is 0 Å². The molecule has 0 spiro atoms. The van der Waals surface area contributed by atoms with Gasteiger partial charge in [0.2, 0.25) is 23.6 Å². The van der Waals surface area contributed by atoms with Gasteiger partial charge < -0.3 is 5.11 Å². The lowest BCUT2D eigenvalue weighted by Crippen LogP contribution is -2.53. The number of fused-ring (bicyclic) bond motifs is 4. The molecule has 7 rings (SSSR count). The summed E-state index contributed by atoms with van der Waals surface area (Å²) in [6, 6.07) is 20.5. The normalized spacial score (nSPS) is 30.3. The lowest BCUT2D eigenvalue weighted by molar-refractivity contribution is -0.138. The Morgan fingerprint density at radius 2 is 1.62 bits per heavy atom. The number of nitrogens with zero attached hydrogens (tertiary/aromatic N) is 2. The van der Waals surface area contributed by atoms with Gasteiger partial charge in [0, 0.05) is 23.0 Å². The summed E-state index contributed by atoms with van der Waals surface area (Å²) in [5.41, 5.74) is 0.985. The minimum absolute atomic E-state index is 0.0355. The van der Waals surface area contributed by atoms with E-state index >= 15 is 4.79 Å². The maximum absolute atomic E-state index is 15.0. The quantitative estimate of drug-likeness (QED) is 0.317. The van der Waals surface area contributed by atoms with Gasteiger partial charge in [-0.15, -0.1) is 0 Å². The first-order valence-electron chi connectivity index (χ1n) is 13.9. The third-order valence-corrected chi connectivity index (χ3v) is 10.2.